The van der Waals surface area contributed by atoms with Crippen LogP contribution in [-0.4, -0.2) is 18.6 Å². The molecule has 1 aromatic rings. The maximum absolute atomic E-state index is 3.54. The van der Waals surface area contributed by atoms with Gasteiger partial charge in [-0.15, -0.1) is 0 Å². The summed E-state index contributed by atoms with van der Waals surface area (Å²) in [7, 11) is 0. The number of aryl methyl sites for hydroxylation is 1. The lowest BCUT2D eigenvalue weighted by molar-refractivity contribution is 0.572. The average molecular weight is 223 g/mol. The molecule has 0 radical (unpaired) electrons. The second kappa shape index (κ2) is 6.91. The van der Waals surface area contributed by atoms with Crippen molar-refractivity contribution in [1.82, 2.24) is 5.32 Å². The van der Waals surface area contributed by atoms with Gasteiger partial charge in [0.25, 0.3) is 0 Å². The molecule has 0 aromatic heterocycles. The van der Waals surface area contributed by atoms with Crippen molar-refractivity contribution in [2.75, 3.05) is 18.6 Å². The van der Waals surface area contributed by atoms with Crippen molar-refractivity contribution in [2.45, 2.75) is 26.3 Å². The van der Waals surface area contributed by atoms with Crippen LogP contribution in [0.25, 0.3) is 0 Å². The molecule has 1 nitrogen and oxygen atoms in total. The van der Waals surface area contributed by atoms with Crippen LogP contribution in [0.4, 0.5) is 0 Å². The number of thioether (sulfide) groups is 1. The Kier molecular flexibility index (Phi) is 5.81. The summed E-state index contributed by atoms with van der Waals surface area (Å²) in [5.41, 5.74) is 2.71. The molecule has 84 valence electrons. The molecule has 1 aromatic carbocycles. The highest BCUT2D eigenvalue weighted by molar-refractivity contribution is 7.98. The lowest BCUT2D eigenvalue weighted by atomic mass is 10.1. The highest BCUT2D eigenvalue weighted by atomic mass is 32.2. The minimum Gasteiger partial charge on any atom is -0.310 e. The normalized spacial score (nSPS) is 12.7. The molecule has 15 heavy (non-hydrogen) atoms. The Labute approximate surface area is 97.7 Å². The second-order valence-corrected chi connectivity index (χ2v) is 4.92. The quantitative estimate of drug-likeness (QED) is 0.742. The summed E-state index contributed by atoms with van der Waals surface area (Å²) < 4.78 is 0. The molecular weight excluding hydrogens is 202 g/mol. The first-order chi connectivity index (χ1) is 7.24. The number of hydrogen-bond donors (Lipinski definition) is 1. The van der Waals surface area contributed by atoms with E-state index < -0.39 is 0 Å². The van der Waals surface area contributed by atoms with Crippen molar-refractivity contribution in [2.24, 2.45) is 0 Å². The minimum absolute atomic E-state index is 0.465. The number of benzene rings is 1. The number of hydrogen-bond acceptors (Lipinski definition) is 2. The first-order valence-corrected chi connectivity index (χ1v) is 6.92. The summed E-state index contributed by atoms with van der Waals surface area (Å²) in [6, 6.07) is 9.24. The standard InChI is InChI=1S/C13H21NS/c1-11-5-7-13(8-6-11)12(2)14-9-4-10-15-3/h5-8,12,14H,4,9-10H2,1-3H3/t12-/m1/s1. The van der Waals surface area contributed by atoms with Crippen LogP contribution >= 0.6 is 11.8 Å². The van der Waals surface area contributed by atoms with Crippen LogP contribution in [-0.2, 0) is 0 Å². The number of nitrogens with one attached hydrogen (secondary N) is 1. The molecule has 1 N–H and O–H groups in total. The summed E-state index contributed by atoms with van der Waals surface area (Å²) in [5.74, 6) is 1.24. The first-order valence-electron chi connectivity index (χ1n) is 5.53. The molecule has 0 heterocycles. The third-order valence-electron chi connectivity index (χ3n) is 2.55. The lowest BCUT2D eigenvalue weighted by Crippen LogP contribution is -2.20. The van der Waals surface area contributed by atoms with Crippen molar-refractivity contribution < 1.29 is 0 Å². The SMILES string of the molecule is CSCCCN[C@H](C)c1ccc(C)cc1. The lowest BCUT2D eigenvalue weighted by Gasteiger charge is -2.14. The van der Waals surface area contributed by atoms with Gasteiger partial charge in [0.1, 0.15) is 0 Å². The Morgan fingerprint density at radius 3 is 2.53 bits per heavy atom. The molecule has 2 heteroatoms. The predicted molar refractivity (Wildman–Crippen MR) is 70.6 cm³/mol. The van der Waals surface area contributed by atoms with Gasteiger partial charge < -0.3 is 5.32 Å². The molecule has 0 saturated heterocycles. The third-order valence-corrected chi connectivity index (χ3v) is 3.25. The minimum atomic E-state index is 0.465. The van der Waals surface area contributed by atoms with Gasteiger partial charge in [-0.1, -0.05) is 29.8 Å². The van der Waals surface area contributed by atoms with Crippen LogP contribution in [0.2, 0.25) is 0 Å². The van der Waals surface area contributed by atoms with Gasteiger partial charge in [0.2, 0.25) is 0 Å². The van der Waals surface area contributed by atoms with Gasteiger partial charge in [-0.05, 0) is 44.4 Å². The van der Waals surface area contributed by atoms with Crippen molar-refractivity contribution in [1.29, 1.82) is 0 Å². The van der Waals surface area contributed by atoms with Crippen molar-refractivity contribution in [3.8, 4) is 0 Å². The molecule has 0 aliphatic carbocycles. The van der Waals surface area contributed by atoms with Crippen LogP contribution in [0.3, 0.4) is 0 Å². The van der Waals surface area contributed by atoms with Crippen molar-refractivity contribution in [3.63, 3.8) is 0 Å². The largest absolute Gasteiger partial charge is 0.310 e. The zero-order valence-electron chi connectivity index (χ0n) is 9.92. The van der Waals surface area contributed by atoms with Gasteiger partial charge in [0.15, 0.2) is 0 Å². The van der Waals surface area contributed by atoms with E-state index in [2.05, 4.69) is 49.7 Å². The van der Waals surface area contributed by atoms with Crippen LogP contribution < -0.4 is 5.32 Å². The third kappa shape index (κ3) is 4.72. The summed E-state index contributed by atoms with van der Waals surface area (Å²) in [5, 5.41) is 3.54. The van der Waals surface area contributed by atoms with Crippen LogP contribution in [0, 0.1) is 6.92 Å². The van der Waals surface area contributed by atoms with E-state index in [1.54, 1.807) is 0 Å². The van der Waals surface area contributed by atoms with Gasteiger partial charge in [-0.25, -0.2) is 0 Å². The molecule has 0 aliphatic heterocycles. The van der Waals surface area contributed by atoms with Crippen LogP contribution in [0.5, 0.6) is 0 Å². The molecule has 0 aliphatic rings. The zero-order valence-corrected chi connectivity index (χ0v) is 10.7. The maximum Gasteiger partial charge on any atom is 0.0291 e. The first kappa shape index (κ1) is 12.6. The molecule has 0 unspecified atom stereocenters. The topological polar surface area (TPSA) is 12.0 Å². The van der Waals surface area contributed by atoms with Crippen molar-refractivity contribution >= 4 is 11.8 Å². The van der Waals surface area contributed by atoms with Crippen LogP contribution in [0.15, 0.2) is 24.3 Å². The molecule has 0 bridgehead atoms. The van der Waals surface area contributed by atoms with E-state index in [9.17, 15) is 0 Å². The summed E-state index contributed by atoms with van der Waals surface area (Å²) in [6.07, 6.45) is 3.40. The average Bonchev–Trinajstić information content (AvgIpc) is 2.25. The highest BCUT2D eigenvalue weighted by Gasteiger charge is 2.02. The Balaban J connectivity index is 2.33. The Bertz CT molecular complexity index is 268. The van der Waals surface area contributed by atoms with Crippen LogP contribution in [0.1, 0.15) is 30.5 Å². The van der Waals surface area contributed by atoms with E-state index in [0.717, 1.165) is 6.54 Å². The smallest absolute Gasteiger partial charge is 0.0291 e. The van der Waals surface area contributed by atoms with Gasteiger partial charge >= 0.3 is 0 Å². The predicted octanol–water partition coefficient (Wildman–Crippen LogP) is 3.40. The Morgan fingerprint density at radius 2 is 1.93 bits per heavy atom. The van der Waals surface area contributed by atoms with E-state index in [4.69, 9.17) is 0 Å². The van der Waals surface area contributed by atoms with Gasteiger partial charge in [0, 0.05) is 6.04 Å². The molecule has 0 amide bonds. The van der Waals surface area contributed by atoms with Gasteiger partial charge in [-0.3, -0.25) is 0 Å². The molecule has 0 spiro atoms. The maximum atomic E-state index is 3.54. The monoisotopic (exact) mass is 223 g/mol. The van der Waals surface area contributed by atoms with E-state index >= 15 is 0 Å². The fourth-order valence-corrected chi connectivity index (χ4v) is 1.94. The van der Waals surface area contributed by atoms with E-state index in [1.165, 1.54) is 23.3 Å². The highest BCUT2D eigenvalue weighted by Crippen LogP contribution is 2.12. The fourth-order valence-electron chi connectivity index (χ4n) is 1.51. The second-order valence-electron chi connectivity index (χ2n) is 3.93. The molecule has 0 saturated carbocycles. The fraction of sp³-hybridized carbons (Fsp3) is 0.538. The summed E-state index contributed by atoms with van der Waals surface area (Å²) >= 11 is 1.91. The van der Waals surface area contributed by atoms with Gasteiger partial charge in [0.05, 0.1) is 0 Å². The van der Waals surface area contributed by atoms with Gasteiger partial charge in [-0.2, -0.15) is 11.8 Å². The molecule has 1 atom stereocenters. The van der Waals surface area contributed by atoms with Crippen molar-refractivity contribution in [3.05, 3.63) is 35.4 Å². The molecule has 0 fully saturated rings. The zero-order chi connectivity index (χ0) is 11.1. The molecule has 1 rings (SSSR count). The number of rotatable bonds is 6. The van der Waals surface area contributed by atoms with E-state index in [0.29, 0.717) is 6.04 Å². The molecular formula is C13H21NS. The van der Waals surface area contributed by atoms with E-state index in [1.807, 2.05) is 11.8 Å². The van der Waals surface area contributed by atoms with E-state index in [-0.39, 0.29) is 0 Å². The summed E-state index contributed by atoms with van der Waals surface area (Å²) in [6.45, 7) is 5.46. The summed E-state index contributed by atoms with van der Waals surface area (Å²) in [4.78, 5) is 0. The Hall–Kier alpha value is -0.470. The Morgan fingerprint density at radius 1 is 1.27 bits per heavy atom.